The highest BCUT2D eigenvalue weighted by molar-refractivity contribution is 6.01. The first kappa shape index (κ1) is 26.6. The van der Waals surface area contributed by atoms with Gasteiger partial charge in [0.05, 0.1) is 25.9 Å². The van der Waals surface area contributed by atoms with Gasteiger partial charge in [-0.2, -0.15) is 0 Å². The lowest BCUT2D eigenvalue weighted by Crippen LogP contribution is -2.28. The zero-order valence-corrected chi connectivity index (χ0v) is 21.1. The molecule has 7 nitrogen and oxygen atoms in total. The van der Waals surface area contributed by atoms with Crippen molar-refractivity contribution < 1.29 is 23.8 Å². The van der Waals surface area contributed by atoms with Gasteiger partial charge in [-0.05, 0) is 68.1 Å². The second-order valence-electron chi connectivity index (χ2n) is 8.01. The molecule has 2 amide bonds. The fraction of sp³-hybridized carbons (Fsp3) is 0.310. The van der Waals surface area contributed by atoms with Gasteiger partial charge in [0.25, 0.3) is 11.8 Å². The van der Waals surface area contributed by atoms with Crippen molar-refractivity contribution in [2.24, 2.45) is 0 Å². The van der Waals surface area contributed by atoms with Crippen LogP contribution >= 0.6 is 0 Å². The SMILES string of the molecule is CCOc1ccccc1CCNC(=O)c1ccc(OC)c(C(=O)NCCc2ccccc2OCC)c1. The molecule has 3 aromatic carbocycles. The van der Waals surface area contributed by atoms with E-state index < -0.39 is 0 Å². The number of amides is 2. The number of rotatable bonds is 13. The molecule has 0 spiro atoms. The molecule has 0 aliphatic heterocycles. The predicted octanol–water partition coefficient (Wildman–Crippen LogP) is 4.44. The molecule has 0 fully saturated rings. The van der Waals surface area contributed by atoms with E-state index in [9.17, 15) is 9.59 Å². The quantitative estimate of drug-likeness (QED) is 0.370. The molecule has 0 atom stereocenters. The number of nitrogens with one attached hydrogen (secondary N) is 2. The Morgan fingerprint density at radius 1 is 0.694 bits per heavy atom. The van der Waals surface area contributed by atoms with Gasteiger partial charge in [0.1, 0.15) is 17.2 Å². The molecule has 3 rings (SSSR count). The average molecular weight is 491 g/mol. The molecule has 0 aromatic heterocycles. The van der Waals surface area contributed by atoms with Crippen molar-refractivity contribution in [1.29, 1.82) is 0 Å². The first-order valence-electron chi connectivity index (χ1n) is 12.2. The van der Waals surface area contributed by atoms with Gasteiger partial charge in [-0.15, -0.1) is 0 Å². The van der Waals surface area contributed by atoms with Crippen LogP contribution in [0.4, 0.5) is 0 Å². The summed E-state index contributed by atoms with van der Waals surface area (Å²) in [5.41, 5.74) is 2.75. The van der Waals surface area contributed by atoms with Gasteiger partial charge in [0, 0.05) is 18.7 Å². The molecule has 2 N–H and O–H groups in total. The largest absolute Gasteiger partial charge is 0.496 e. The Bertz CT molecular complexity index is 1160. The summed E-state index contributed by atoms with van der Waals surface area (Å²) in [6.45, 7) is 5.90. The van der Waals surface area contributed by atoms with E-state index >= 15 is 0 Å². The Morgan fingerprint density at radius 2 is 1.22 bits per heavy atom. The van der Waals surface area contributed by atoms with Crippen LogP contribution in [0, 0.1) is 0 Å². The Labute approximate surface area is 212 Å². The summed E-state index contributed by atoms with van der Waals surface area (Å²) in [7, 11) is 1.50. The number of ether oxygens (including phenoxy) is 3. The van der Waals surface area contributed by atoms with Gasteiger partial charge < -0.3 is 24.8 Å². The number of benzene rings is 3. The molecule has 0 aliphatic rings. The number of methoxy groups -OCH3 is 1. The van der Waals surface area contributed by atoms with Crippen LogP contribution in [0.3, 0.4) is 0 Å². The van der Waals surface area contributed by atoms with E-state index in [0.29, 0.717) is 56.0 Å². The molecule has 0 radical (unpaired) electrons. The highest BCUT2D eigenvalue weighted by atomic mass is 16.5. The second-order valence-corrected chi connectivity index (χ2v) is 8.01. The van der Waals surface area contributed by atoms with Crippen LogP contribution in [0.1, 0.15) is 45.7 Å². The highest BCUT2D eigenvalue weighted by Crippen LogP contribution is 2.22. The van der Waals surface area contributed by atoms with Crippen LogP contribution in [0.5, 0.6) is 17.2 Å². The van der Waals surface area contributed by atoms with Gasteiger partial charge in [-0.25, -0.2) is 0 Å². The van der Waals surface area contributed by atoms with Crippen LogP contribution in [-0.2, 0) is 12.8 Å². The van der Waals surface area contributed by atoms with Crippen LogP contribution < -0.4 is 24.8 Å². The van der Waals surface area contributed by atoms with E-state index in [1.54, 1.807) is 18.2 Å². The van der Waals surface area contributed by atoms with E-state index in [1.165, 1.54) is 7.11 Å². The van der Waals surface area contributed by atoms with E-state index in [4.69, 9.17) is 14.2 Å². The van der Waals surface area contributed by atoms with E-state index in [0.717, 1.165) is 22.6 Å². The Balaban J connectivity index is 1.60. The van der Waals surface area contributed by atoms with Gasteiger partial charge in [0.15, 0.2) is 0 Å². The Hall–Kier alpha value is -4.00. The van der Waals surface area contributed by atoms with Crippen molar-refractivity contribution in [1.82, 2.24) is 10.6 Å². The summed E-state index contributed by atoms with van der Waals surface area (Å²) in [5, 5.41) is 5.84. The van der Waals surface area contributed by atoms with Gasteiger partial charge in [0.2, 0.25) is 0 Å². The minimum Gasteiger partial charge on any atom is -0.496 e. The minimum atomic E-state index is -0.305. The standard InChI is InChI=1S/C29H34N2O5/c1-4-35-25-12-8-6-10-21(25)16-18-30-28(32)23-14-15-27(34-3)24(20-23)29(33)31-19-17-22-11-7-9-13-26(22)36-5-2/h6-15,20H,4-5,16-19H2,1-3H3,(H,30,32)(H,31,33). The van der Waals surface area contributed by atoms with Gasteiger partial charge >= 0.3 is 0 Å². The summed E-state index contributed by atoms with van der Waals surface area (Å²) in [6.07, 6.45) is 1.25. The lowest BCUT2D eigenvalue weighted by atomic mass is 10.1. The van der Waals surface area contributed by atoms with E-state index in [2.05, 4.69) is 10.6 Å². The fourth-order valence-electron chi connectivity index (χ4n) is 3.86. The van der Waals surface area contributed by atoms with Crippen LogP contribution in [0.15, 0.2) is 66.7 Å². The highest BCUT2D eigenvalue weighted by Gasteiger charge is 2.16. The minimum absolute atomic E-state index is 0.258. The number of carbonyl (C=O) groups excluding carboxylic acids is 2. The van der Waals surface area contributed by atoms with Gasteiger partial charge in [-0.3, -0.25) is 9.59 Å². The molecular formula is C29H34N2O5. The molecule has 7 heteroatoms. The van der Waals surface area contributed by atoms with Crippen molar-refractivity contribution in [2.45, 2.75) is 26.7 Å². The topological polar surface area (TPSA) is 85.9 Å². The molecule has 36 heavy (non-hydrogen) atoms. The van der Waals surface area contributed by atoms with Crippen molar-refractivity contribution in [3.63, 3.8) is 0 Å². The van der Waals surface area contributed by atoms with E-state index in [-0.39, 0.29) is 11.8 Å². The van der Waals surface area contributed by atoms with E-state index in [1.807, 2.05) is 62.4 Å². The van der Waals surface area contributed by atoms with Crippen molar-refractivity contribution in [2.75, 3.05) is 33.4 Å². The smallest absolute Gasteiger partial charge is 0.255 e. The van der Waals surface area contributed by atoms with Crippen LogP contribution in [-0.4, -0.2) is 45.2 Å². The number of carbonyl (C=O) groups is 2. The Kier molecular flexibility index (Phi) is 10.2. The van der Waals surface area contributed by atoms with Gasteiger partial charge in [-0.1, -0.05) is 36.4 Å². The maximum atomic E-state index is 12.9. The van der Waals surface area contributed by atoms with Crippen LogP contribution in [0.25, 0.3) is 0 Å². The molecule has 0 saturated carbocycles. The third kappa shape index (κ3) is 7.25. The molecule has 190 valence electrons. The zero-order chi connectivity index (χ0) is 25.8. The fourth-order valence-corrected chi connectivity index (χ4v) is 3.86. The molecule has 0 bridgehead atoms. The second kappa shape index (κ2) is 13.8. The van der Waals surface area contributed by atoms with Crippen molar-refractivity contribution >= 4 is 11.8 Å². The molecule has 0 heterocycles. The third-order valence-corrected chi connectivity index (χ3v) is 5.61. The molecule has 3 aromatic rings. The summed E-state index contributed by atoms with van der Waals surface area (Å²) in [6, 6.07) is 20.4. The first-order chi connectivity index (χ1) is 17.6. The first-order valence-corrected chi connectivity index (χ1v) is 12.2. The summed E-state index contributed by atoms with van der Waals surface area (Å²) in [5.74, 6) is 1.48. The molecule has 0 aliphatic carbocycles. The summed E-state index contributed by atoms with van der Waals surface area (Å²) < 4.78 is 16.7. The number of para-hydroxylation sites is 2. The average Bonchev–Trinajstić information content (AvgIpc) is 2.90. The van der Waals surface area contributed by atoms with Crippen molar-refractivity contribution in [3.8, 4) is 17.2 Å². The predicted molar refractivity (Wildman–Crippen MR) is 140 cm³/mol. The monoisotopic (exact) mass is 490 g/mol. The lowest BCUT2D eigenvalue weighted by Gasteiger charge is -2.13. The summed E-state index contributed by atoms with van der Waals surface area (Å²) in [4.78, 5) is 25.7. The third-order valence-electron chi connectivity index (χ3n) is 5.61. The number of hydrogen-bond donors (Lipinski definition) is 2. The number of hydrogen-bond acceptors (Lipinski definition) is 5. The van der Waals surface area contributed by atoms with Crippen LogP contribution in [0.2, 0.25) is 0 Å². The normalized spacial score (nSPS) is 10.4. The lowest BCUT2D eigenvalue weighted by molar-refractivity contribution is 0.0951. The molecule has 0 saturated heterocycles. The summed E-state index contributed by atoms with van der Waals surface area (Å²) >= 11 is 0. The molecule has 0 unspecified atom stereocenters. The maximum Gasteiger partial charge on any atom is 0.255 e. The molecular weight excluding hydrogens is 456 g/mol. The van der Waals surface area contributed by atoms with Crippen molar-refractivity contribution in [3.05, 3.63) is 89.0 Å². The zero-order valence-electron chi connectivity index (χ0n) is 21.1. The Morgan fingerprint density at radius 3 is 1.75 bits per heavy atom. The maximum absolute atomic E-state index is 12.9.